The van der Waals surface area contributed by atoms with E-state index in [2.05, 4.69) is 27.3 Å². The van der Waals surface area contributed by atoms with E-state index in [1.807, 2.05) is 75.8 Å². The summed E-state index contributed by atoms with van der Waals surface area (Å²) in [5, 5.41) is 0. The van der Waals surface area contributed by atoms with Crippen LogP contribution in [0.15, 0.2) is 54.7 Å². The molecule has 30 heavy (non-hydrogen) atoms. The van der Waals surface area contributed by atoms with E-state index < -0.39 is 6.85 Å². The van der Waals surface area contributed by atoms with Gasteiger partial charge in [0.15, 0.2) is 0 Å². The molecule has 5 aromatic rings. The van der Waals surface area contributed by atoms with Crippen molar-refractivity contribution in [2.75, 3.05) is 0 Å². The summed E-state index contributed by atoms with van der Waals surface area (Å²) in [6.45, 7) is 3.83. The first-order valence-electron chi connectivity index (χ1n) is 11.6. The summed E-state index contributed by atoms with van der Waals surface area (Å²) in [5.74, 6) is 0.846. The van der Waals surface area contributed by atoms with E-state index in [-0.39, 0.29) is 0 Å². The lowest BCUT2D eigenvalue weighted by Crippen LogP contribution is -2.36. The molecule has 0 spiro atoms. The Morgan fingerprint density at radius 2 is 1.73 bits per heavy atom. The van der Waals surface area contributed by atoms with Crippen molar-refractivity contribution in [3.63, 3.8) is 0 Å². The smallest absolute Gasteiger partial charge is 0.233 e. The molecule has 0 N–H and O–H groups in total. The summed E-state index contributed by atoms with van der Waals surface area (Å²) in [5.41, 5.74) is 9.06. The fraction of sp³-hybridized carbons (Fsp3) is 0.231. The Morgan fingerprint density at radius 1 is 0.933 bits per heavy atom. The van der Waals surface area contributed by atoms with Gasteiger partial charge in [0.2, 0.25) is 17.2 Å². The molecule has 5 rings (SSSR count). The van der Waals surface area contributed by atoms with Crippen LogP contribution >= 0.6 is 0 Å². The van der Waals surface area contributed by atoms with Gasteiger partial charge in [0, 0.05) is 34.0 Å². The van der Waals surface area contributed by atoms with Crippen molar-refractivity contribution >= 4 is 16.8 Å². The van der Waals surface area contributed by atoms with E-state index in [1.54, 1.807) is 0 Å². The van der Waals surface area contributed by atoms with Crippen LogP contribution in [-0.2, 0) is 14.1 Å². The van der Waals surface area contributed by atoms with Crippen LogP contribution in [0.5, 0.6) is 0 Å². The summed E-state index contributed by atoms with van der Waals surface area (Å²) >= 11 is 0. The fourth-order valence-corrected chi connectivity index (χ4v) is 4.62. The molecule has 0 unspecified atom stereocenters. The van der Waals surface area contributed by atoms with Gasteiger partial charge in [-0.15, -0.1) is 0 Å². The first-order chi connectivity index (χ1) is 15.6. The van der Waals surface area contributed by atoms with E-state index in [4.69, 9.17) is 9.10 Å². The van der Waals surface area contributed by atoms with E-state index in [0.29, 0.717) is 5.56 Å². The maximum absolute atomic E-state index is 8.24. The first kappa shape index (κ1) is 15.4. The Labute approximate surface area is 181 Å². The number of fused-ring (bicyclic) bond motifs is 3. The second kappa shape index (κ2) is 6.56. The largest absolute Gasteiger partial charge is 0.308 e. The van der Waals surface area contributed by atoms with Crippen LogP contribution in [0.2, 0.25) is 0 Å². The number of benzene rings is 2. The van der Waals surface area contributed by atoms with Gasteiger partial charge in [-0.3, -0.25) is 4.40 Å². The highest BCUT2D eigenvalue weighted by Gasteiger charge is 2.26. The fourth-order valence-electron chi connectivity index (χ4n) is 4.62. The quantitative estimate of drug-likeness (QED) is 0.375. The number of imidazole rings is 2. The third-order valence-corrected chi connectivity index (χ3v) is 6.03. The standard InChI is InChI=1S/C26H27N4/c1-16-11-12-20(17(2)13-16)24-18(3)14-19(4)25(29(24)6)23-15-30-22-10-8-7-9-21(22)27-26(30)28(23)5/h7-15H,1-6H3/q+1/i3D3. The molecule has 0 radical (unpaired) electrons. The molecule has 3 heterocycles. The molecule has 0 amide bonds. The van der Waals surface area contributed by atoms with Crippen LogP contribution in [-0.4, -0.2) is 14.0 Å². The zero-order chi connectivity index (χ0) is 23.7. The van der Waals surface area contributed by atoms with Gasteiger partial charge >= 0.3 is 0 Å². The van der Waals surface area contributed by atoms with Gasteiger partial charge in [-0.1, -0.05) is 29.8 Å². The van der Waals surface area contributed by atoms with Crippen molar-refractivity contribution in [3.05, 3.63) is 77.0 Å². The third-order valence-electron chi connectivity index (χ3n) is 6.03. The summed E-state index contributed by atoms with van der Waals surface area (Å²) in [7, 11) is 3.96. The van der Waals surface area contributed by atoms with Gasteiger partial charge in [-0.05, 0) is 57.5 Å². The molecule has 4 heteroatoms. The van der Waals surface area contributed by atoms with Gasteiger partial charge in [-0.25, -0.2) is 4.98 Å². The van der Waals surface area contributed by atoms with Gasteiger partial charge < -0.3 is 4.57 Å². The van der Waals surface area contributed by atoms with Crippen molar-refractivity contribution in [2.45, 2.75) is 27.6 Å². The molecule has 0 fully saturated rings. The summed E-state index contributed by atoms with van der Waals surface area (Å²) in [6.07, 6.45) is 2.09. The predicted molar refractivity (Wildman–Crippen MR) is 123 cm³/mol. The zero-order valence-corrected chi connectivity index (χ0v) is 18.0. The summed E-state index contributed by atoms with van der Waals surface area (Å²) < 4.78 is 30.9. The molecule has 3 aromatic heterocycles. The van der Waals surface area contributed by atoms with Gasteiger partial charge in [-0.2, -0.15) is 4.57 Å². The molecule has 0 aliphatic heterocycles. The molecule has 0 saturated heterocycles. The minimum Gasteiger partial charge on any atom is -0.308 e. The predicted octanol–water partition coefficient (Wildman–Crippen LogP) is 5.22. The molecule has 0 saturated carbocycles. The minimum atomic E-state index is -2.23. The summed E-state index contributed by atoms with van der Waals surface area (Å²) in [4.78, 5) is 4.81. The normalized spacial score (nSPS) is 13.6. The van der Waals surface area contributed by atoms with Crippen LogP contribution in [0, 0.1) is 27.6 Å². The summed E-state index contributed by atoms with van der Waals surface area (Å²) in [6, 6.07) is 16.1. The molecule has 0 aliphatic rings. The third kappa shape index (κ3) is 2.60. The molecule has 0 aliphatic carbocycles. The Kier molecular flexibility index (Phi) is 3.38. The molecule has 2 aromatic carbocycles. The van der Waals surface area contributed by atoms with Crippen molar-refractivity contribution in [1.29, 1.82) is 0 Å². The second-order valence-corrected chi connectivity index (χ2v) is 8.16. The maximum atomic E-state index is 8.24. The lowest BCUT2D eigenvalue weighted by molar-refractivity contribution is -0.650. The van der Waals surface area contributed by atoms with Crippen molar-refractivity contribution < 1.29 is 8.68 Å². The number of para-hydroxylation sites is 2. The van der Waals surface area contributed by atoms with Crippen LogP contribution < -0.4 is 4.57 Å². The van der Waals surface area contributed by atoms with E-state index in [0.717, 1.165) is 56.1 Å². The molecule has 150 valence electrons. The topological polar surface area (TPSA) is 26.1 Å². The lowest BCUT2D eigenvalue weighted by Gasteiger charge is -2.13. The maximum Gasteiger partial charge on any atom is 0.233 e. The Hall–Kier alpha value is -3.40. The van der Waals surface area contributed by atoms with Crippen LogP contribution in [0.25, 0.3) is 39.5 Å². The average molecular weight is 399 g/mol. The number of aryl methyl sites for hydroxylation is 5. The van der Waals surface area contributed by atoms with Gasteiger partial charge in [0.25, 0.3) is 0 Å². The lowest BCUT2D eigenvalue weighted by atomic mass is 9.97. The average Bonchev–Trinajstić information content (AvgIpc) is 3.25. The molecular formula is C26H27N4+. The highest BCUT2D eigenvalue weighted by atomic mass is 15.2. The molecule has 0 atom stereocenters. The number of rotatable bonds is 2. The first-order valence-corrected chi connectivity index (χ1v) is 10.1. The van der Waals surface area contributed by atoms with E-state index in [9.17, 15) is 0 Å². The SMILES string of the molecule is [2H]C([2H])([2H])c1cc(C)c(-c2cn3c4ccccc4nc3n2C)[n+](C)c1-c1ccc(C)cc1C. The number of nitrogens with zero attached hydrogens (tertiary/aromatic N) is 4. The highest BCUT2D eigenvalue weighted by Crippen LogP contribution is 2.31. The zero-order valence-electron chi connectivity index (χ0n) is 21.0. The van der Waals surface area contributed by atoms with Crippen LogP contribution in [0.3, 0.4) is 0 Å². The van der Waals surface area contributed by atoms with E-state index in [1.165, 1.54) is 0 Å². The molecule has 0 bridgehead atoms. The van der Waals surface area contributed by atoms with Crippen molar-refractivity contribution in [1.82, 2.24) is 14.0 Å². The Balaban J connectivity index is 1.85. The second-order valence-electron chi connectivity index (χ2n) is 8.16. The van der Waals surface area contributed by atoms with Gasteiger partial charge in [0.1, 0.15) is 12.7 Å². The number of aromatic nitrogens is 4. The number of hydrogen-bond donors (Lipinski definition) is 0. The van der Waals surface area contributed by atoms with Crippen molar-refractivity contribution in [2.24, 2.45) is 14.1 Å². The van der Waals surface area contributed by atoms with E-state index >= 15 is 0 Å². The van der Waals surface area contributed by atoms with Crippen molar-refractivity contribution in [3.8, 4) is 22.6 Å². The molecular weight excluding hydrogens is 368 g/mol. The number of pyridine rings is 1. The monoisotopic (exact) mass is 398 g/mol. The van der Waals surface area contributed by atoms with Crippen LogP contribution in [0.4, 0.5) is 0 Å². The van der Waals surface area contributed by atoms with Crippen LogP contribution in [0.1, 0.15) is 26.4 Å². The molecule has 4 nitrogen and oxygen atoms in total. The van der Waals surface area contributed by atoms with Gasteiger partial charge in [0.05, 0.1) is 11.0 Å². The Bertz CT molecular complexity index is 1550. The Morgan fingerprint density at radius 3 is 2.50 bits per heavy atom. The highest BCUT2D eigenvalue weighted by molar-refractivity contribution is 5.81. The minimum absolute atomic E-state index is 0.364. The number of hydrogen-bond acceptors (Lipinski definition) is 1.